The molecule has 230 valence electrons. The van der Waals surface area contributed by atoms with Gasteiger partial charge in [0.2, 0.25) is 0 Å². The number of nitrogens with zero attached hydrogens (tertiary/aromatic N) is 3. The quantitative estimate of drug-likeness (QED) is 0.176. The number of pyridine rings is 1. The fraction of sp³-hybridized carbons (Fsp3) is 0.400. The Morgan fingerprint density at radius 3 is 2.53 bits per heavy atom. The largest absolute Gasteiger partial charge is 0.383 e. The highest BCUT2D eigenvalue weighted by atomic mass is 35.5. The van der Waals surface area contributed by atoms with Crippen LogP contribution in [0, 0.1) is 11.6 Å². The molecule has 0 amide bonds. The van der Waals surface area contributed by atoms with E-state index in [4.69, 9.17) is 27.2 Å². The summed E-state index contributed by atoms with van der Waals surface area (Å²) in [5, 5.41) is 8.64. The topological polar surface area (TPSA) is 124 Å². The van der Waals surface area contributed by atoms with Crippen molar-refractivity contribution in [1.29, 1.82) is 0 Å². The van der Waals surface area contributed by atoms with Gasteiger partial charge in [-0.2, -0.15) is 5.10 Å². The first-order valence-corrected chi connectivity index (χ1v) is 16.0. The molecule has 1 aliphatic carbocycles. The lowest BCUT2D eigenvalue weighted by Gasteiger charge is -2.30. The molecule has 43 heavy (non-hydrogen) atoms. The number of aromatic nitrogens is 3. The zero-order chi connectivity index (χ0) is 30.9. The summed E-state index contributed by atoms with van der Waals surface area (Å²) in [6.07, 6.45) is 5.58. The van der Waals surface area contributed by atoms with Crippen molar-refractivity contribution < 1.29 is 21.9 Å². The van der Waals surface area contributed by atoms with Gasteiger partial charge in [-0.05, 0) is 69.2 Å². The number of nitrogens with two attached hydrogens (primary N) is 1. The number of rotatable bonds is 10. The molecule has 0 radical (unpaired) electrons. The van der Waals surface area contributed by atoms with Crippen LogP contribution in [0.2, 0.25) is 5.02 Å². The number of fused-ring (bicyclic) bond motifs is 1. The third-order valence-electron chi connectivity index (χ3n) is 7.86. The van der Waals surface area contributed by atoms with Crippen molar-refractivity contribution in [3.05, 3.63) is 64.8 Å². The fourth-order valence-corrected chi connectivity index (χ4v) is 7.30. The van der Waals surface area contributed by atoms with Gasteiger partial charge in [0, 0.05) is 43.6 Å². The number of ether oxygens (including phenoxy) is 1. The van der Waals surface area contributed by atoms with E-state index in [9.17, 15) is 8.42 Å². The van der Waals surface area contributed by atoms with Crippen LogP contribution < -0.4 is 15.8 Å². The van der Waals surface area contributed by atoms with Crippen molar-refractivity contribution in [2.45, 2.75) is 62.4 Å². The van der Waals surface area contributed by atoms with Gasteiger partial charge in [0.25, 0.3) is 10.0 Å². The normalized spacial score (nSPS) is 17.6. The second-order valence-electron chi connectivity index (χ2n) is 11.1. The molecule has 2 aromatic carbocycles. The Balaban J connectivity index is 1.52. The summed E-state index contributed by atoms with van der Waals surface area (Å²) < 4.78 is 65.9. The van der Waals surface area contributed by atoms with Crippen LogP contribution in [-0.4, -0.2) is 49.5 Å². The Kier molecular flexibility index (Phi) is 9.21. The van der Waals surface area contributed by atoms with E-state index in [2.05, 4.69) is 15.0 Å². The average Bonchev–Trinajstić information content (AvgIpc) is 3.37. The zero-order valence-corrected chi connectivity index (χ0v) is 25.8. The summed E-state index contributed by atoms with van der Waals surface area (Å²) >= 11 is 6.03. The molecule has 2 heterocycles. The smallest absolute Gasteiger partial charge is 0.263 e. The second kappa shape index (κ2) is 12.7. The zero-order valence-electron chi connectivity index (χ0n) is 24.2. The summed E-state index contributed by atoms with van der Waals surface area (Å²) in [6.45, 7) is 5.36. The summed E-state index contributed by atoms with van der Waals surface area (Å²) in [5.74, 6) is -1.51. The lowest BCUT2D eigenvalue weighted by atomic mass is 9.81. The van der Waals surface area contributed by atoms with Gasteiger partial charge in [0.1, 0.15) is 28.0 Å². The van der Waals surface area contributed by atoms with Crippen molar-refractivity contribution in [3.8, 4) is 11.3 Å². The SMILES string of the molecule is COCCN[C@H]1CC[C@H](c2cnc(N)c3c(-c4cc(F)c(NS(=O)(=O)c5ccccc5Cl)cc4F)nn(C(C)C)c32)CC1. The Morgan fingerprint density at radius 1 is 1.14 bits per heavy atom. The van der Waals surface area contributed by atoms with Crippen LogP contribution in [0.15, 0.2) is 47.5 Å². The number of methoxy groups -OCH3 is 1. The third kappa shape index (κ3) is 6.33. The Morgan fingerprint density at radius 2 is 1.86 bits per heavy atom. The highest BCUT2D eigenvalue weighted by Crippen LogP contribution is 2.42. The number of nitrogen functional groups attached to an aromatic ring is 1. The molecule has 1 saturated carbocycles. The van der Waals surface area contributed by atoms with E-state index < -0.39 is 27.3 Å². The number of nitrogens with one attached hydrogen (secondary N) is 2. The minimum absolute atomic E-state index is 0.0483. The van der Waals surface area contributed by atoms with Crippen molar-refractivity contribution in [2.75, 3.05) is 30.7 Å². The van der Waals surface area contributed by atoms with E-state index in [1.165, 1.54) is 18.2 Å². The Labute approximate surface area is 254 Å². The van der Waals surface area contributed by atoms with Gasteiger partial charge in [0.15, 0.2) is 0 Å². The van der Waals surface area contributed by atoms with E-state index in [1.54, 1.807) is 24.1 Å². The molecule has 4 aromatic rings. The molecule has 0 aliphatic heterocycles. The van der Waals surface area contributed by atoms with Gasteiger partial charge < -0.3 is 15.8 Å². The molecule has 0 spiro atoms. The minimum Gasteiger partial charge on any atom is -0.383 e. The van der Waals surface area contributed by atoms with Gasteiger partial charge in [-0.25, -0.2) is 22.2 Å². The van der Waals surface area contributed by atoms with E-state index in [0.29, 0.717) is 18.0 Å². The van der Waals surface area contributed by atoms with Gasteiger partial charge in [0.05, 0.1) is 28.2 Å². The van der Waals surface area contributed by atoms with E-state index in [1.807, 2.05) is 13.8 Å². The van der Waals surface area contributed by atoms with E-state index in [-0.39, 0.29) is 39.0 Å². The molecule has 5 rings (SSSR count). The van der Waals surface area contributed by atoms with Crippen molar-refractivity contribution in [3.63, 3.8) is 0 Å². The maximum atomic E-state index is 15.7. The van der Waals surface area contributed by atoms with Crippen LogP contribution in [0.25, 0.3) is 22.2 Å². The molecule has 13 heteroatoms. The first kappa shape index (κ1) is 31.1. The van der Waals surface area contributed by atoms with Gasteiger partial charge in [-0.1, -0.05) is 23.7 Å². The van der Waals surface area contributed by atoms with Crippen LogP contribution >= 0.6 is 11.6 Å². The number of halogens is 3. The number of benzene rings is 2. The second-order valence-corrected chi connectivity index (χ2v) is 13.1. The number of hydrogen-bond donors (Lipinski definition) is 3. The molecule has 1 fully saturated rings. The summed E-state index contributed by atoms with van der Waals surface area (Å²) in [7, 11) is -2.60. The van der Waals surface area contributed by atoms with Gasteiger partial charge in [-0.3, -0.25) is 9.40 Å². The van der Waals surface area contributed by atoms with Crippen LogP contribution in [0.5, 0.6) is 0 Å². The molecule has 0 unspecified atom stereocenters. The lowest BCUT2D eigenvalue weighted by Crippen LogP contribution is -2.34. The molecule has 0 atom stereocenters. The molecule has 2 aromatic heterocycles. The highest BCUT2D eigenvalue weighted by Gasteiger charge is 2.29. The fourth-order valence-electron chi connectivity index (χ4n) is 5.72. The molecule has 0 bridgehead atoms. The molecular weight excluding hydrogens is 598 g/mol. The predicted octanol–water partition coefficient (Wildman–Crippen LogP) is 6.26. The van der Waals surface area contributed by atoms with Crippen LogP contribution in [0.4, 0.5) is 20.3 Å². The van der Waals surface area contributed by atoms with Crippen LogP contribution in [0.3, 0.4) is 0 Å². The standard InChI is InChI=1S/C30H35ClF2N6O3S/c1-17(2)39-29-21(18-8-10-19(11-9-18)35-12-13-42-3)16-36-30(34)27(29)28(37-39)20-14-24(33)25(15-23(20)32)38-43(40,41)26-7-5-4-6-22(26)31/h4-7,14-19,35,38H,8-13H2,1-3H3,(H2,34,36)/t18-,19-. The lowest BCUT2D eigenvalue weighted by molar-refractivity contribution is 0.191. The summed E-state index contributed by atoms with van der Waals surface area (Å²) in [4.78, 5) is 4.20. The van der Waals surface area contributed by atoms with Crippen molar-refractivity contribution in [2.24, 2.45) is 0 Å². The van der Waals surface area contributed by atoms with Crippen molar-refractivity contribution >= 4 is 44.0 Å². The molecule has 0 saturated heterocycles. The van der Waals surface area contributed by atoms with Gasteiger partial charge in [-0.15, -0.1) is 0 Å². The van der Waals surface area contributed by atoms with E-state index in [0.717, 1.165) is 55.4 Å². The Bertz CT molecular complexity index is 1740. The summed E-state index contributed by atoms with van der Waals surface area (Å²) in [6, 6.07) is 7.73. The third-order valence-corrected chi connectivity index (χ3v) is 9.73. The maximum absolute atomic E-state index is 15.7. The minimum atomic E-state index is -4.29. The first-order valence-electron chi connectivity index (χ1n) is 14.2. The van der Waals surface area contributed by atoms with Crippen LogP contribution in [-0.2, 0) is 14.8 Å². The monoisotopic (exact) mass is 632 g/mol. The molecule has 1 aliphatic rings. The maximum Gasteiger partial charge on any atom is 0.263 e. The highest BCUT2D eigenvalue weighted by molar-refractivity contribution is 7.92. The van der Waals surface area contributed by atoms with Gasteiger partial charge >= 0.3 is 0 Å². The first-order chi connectivity index (χ1) is 20.5. The molecule has 9 nitrogen and oxygen atoms in total. The Hall–Kier alpha value is -3.32. The number of sulfonamides is 1. The summed E-state index contributed by atoms with van der Waals surface area (Å²) in [5.41, 5.74) is 7.51. The van der Waals surface area contributed by atoms with Crippen molar-refractivity contribution in [1.82, 2.24) is 20.1 Å². The average molecular weight is 633 g/mol. The predicted molar refractivity (Wildman–Crippen MR) is 165 cm³/mol. The molecule has 4 N–H and O–H groups in total. The van der Waals surface area contributed by atoms with E-state index >= 15 is 8.78 Å². The number of anilines is 2. The number of hydrogen-bond acceptors (Lipinski definition) is 7. The van der Waals surface area contributed by atoms with Crippen LogP contribution in [0.1, 0.15) is 57.1 Å². The molecular formula is C30H35ClF2N6O3S.